The van der Waals surface area contributed by atoms with Gasteiger partial charge in [-0.1, -0.05) is 6.92 Å². The zero-order valence-electron chi connectivity index (χ0n) is 11.8. The largest absolute Gasteiger partial charge is 0.492 e. The van der Waals surface area contributed by atoms with Crippen molar-refractivity contribution in [2.45, 2.75) is 6.92 Å². The maximum absolute atomic E-state index is 11.6. The summed E-state index contributed by atoms with van der Waals surface area (Å²) in [6, 6.07) is 7.34. The summed E-state index contributed by atoms with van der Waals surface area (Å²) in [6.45, 7) is 3.65. The number of carbonyl (C=O) groups excluding carboxylic acids is 1. The number of hydrogen-bond acceptors (Lipinski definition) is 4. The maximum Gasteiger partial charge on any atom is 0.228 e. The number of likely N-dealkylation sites (N-methyl/N-ethyl adjacent to an activating group) is 1. The normalized spacial score (nSPS) is 12.3. The number of nitrogens with two attached hydrogens (primary N) is 1. The molecule has 1 atom stereocenters. The molecule has 0 radical (unpaired) electrons. The van der Waals surface area contributed by atoms with Crippen molar-refractivity contribution in [3.63, 3.8) is 0 Å². The number of hydrogen-bond donors (Lipinski definition) is 2. The van der Waals surface area contributed by atoms with Crippen LogP contribution in [0.5, 0.6) is 5.75 Å². The van der Waals surface area contributed by atoms with Crippen molar-refractivity contribution < 1.29 is 9.53 Å². The molecule has 0 aliphatic rings. The molecule has 1 unspecified atom stereocenters. The van der Waals surface area contributed by atoms with E-state index in [2.05, 4.69) is 10.2 Å². The fraction of sp³-hybridized carbons (Fsp3) is 0.500. The van der Waals surface area contributed by atoms with E-state index in [1.54, 1.807) is 6.92 Å². The van der Waals surface area contributed by atoms with Gasteiger partial charge in [0.15, 0.2) is 0 Å². The van der Waals surface area contributed by atoms with Gasteiger partial charge in [0.2, 0.25) is 5.91 Å². The zero-order chi connectivity index (χ0) is 14.3. The Morgan fingerprint density at radius 2 is 2.00 bits per heavy atom. The highest BCUT2D eigenvalue weighted by Gasteiger charge is 2.10. The first-order valence-electron chi connectivity index (χ1n) is 6.41. The number of rotatable bonds is 7. The lowest BCUT2D eigenvalue weighted by molar-refractivity contribution is -0.119. The van der Waals surface area contributed by atoms with Crippen LogP contribution in [0.1, 0.15) is 6.92 Å². The van der Waals surface area contributed by atoms with E-state index < -0.39 is 0 Å². The monoisotopic (exact) mass is 265 g/mol. The van der Waals surface area contributed by atoms with Gasteiger partial charge in [0.25, 0.3) is 0 Å². The van der Waals surface area contributed by atoms with Crippen LogP contribution in [-0.4, -0.2) is 44.6 Å². The maximum atomic E-state index is 11.6. The average Bonchev–Trinajstić information content (AvgIpc) is 2.39. The van der Waals surface area contributed by atoms with Gasteiger partial charge in [-0.25, -0.2) is 0 Å². The van der Waals surface area contributed by atoms with Gasteiger partial charge in [0.1, 0.15) is 12.4 Å². The Bertz CT molecular complexity index is 390. The number of anilines is 1. The molecule has 0 saturated carbocycles. The van der Waals surface area contributed by atoms with Crippen LogP contribution in [0.4, 0.5) is 5.69 Å². The summed E-state index contributed by atoms with van der Waals surface area (Å²) in [7, 11) is 4.00. The molecule has 3 N–H and O–H groups in total. The van der Waals surface area contributed by atoms with Crippen molar-refractivity contribution in [1.82, 2.24) is 4.90 Å². The Morgan fingerprint density at radius 1 is 1.37 bits per heavy atom. The first kappa shape index (κ1) is 15.5. The third-order valence-corrected chi connectivity index (χ3v) is 2.73. The zero-order valence-corrected chi connectivity index (χ0v) is 11.8. The van der Waals surface area contributed by atoms with Gasteiger partial charge in [0.05, 0.1) is 0 Å². The molecule has 5 heteroatoms. The molecule has 106 valence electrons. The molecule has 1 aromatic rings. The van der Waals surface area contributed by atoms with E-state index in [1.807, 2.05) is 38.4 Å². The van der Waals surface area contributed by atoms with Crippen molar-refractivity contribution in [2.24, 2.45) is 11.7 Å². The second-order valence-electron chi connectivity index (χ2n) is 4.80. The molecule has 0 aromatic heterocycles. The van der Waals surface area contributed by atoms with E-state index in [0.29, 0.717) is 13.2 Å². The summed E-state index contributed by atoms with van der Waals surface area (Å²) in [5.41, 5.74) is 6.20. The summed E-state index contributed by atoms with van der Waals surface area (Å²) in [4.78, 5) is 13.7. The van der Waals surface area contributed by atoms with Crippen molar-refractivity contribution in [3.8, 4) is 5.75 Å². The smallest absolute Gasteiger partial charge is 0.228 e. The van der Waals surface area contributed by atoms with Crippen molar-refractivity contribution in [2.75, 3.05) is 39.1 Å². The van der Waals surface area contributed by atoms with Gasteiger partial charge in [-0.15, -0.1) is 0 Å². The second kappa shape index (κ2) is 7.76. The number of carbonyl (C=O) groups is 1. The molecular formula is C14H23N3O2. The summed E-state index contributed by atoms with van der Waals surface area (Å²) < 4.78 is 5.57. The highest BCUT2D eigenvalue weighted by atomic mass is 16.5. The van der Waals surface area contributed by atoms with E-state index in [9.17, 15) is 4.79 Å². The molecule has 0 spiro atoms. The lowest BCUT2D eigenvalue weighted by atomic mass is 10.1. The van der Waals surface area contributed by atoms with Crippen LogP contribution < -0.4 is 15.8 Å². The van der Waals surface area contributed by atoms with Crippen LogP contribution in [0.25, 0.3) is 0 Å². The molecule has 0 heterocycles. The van der Waals surface area contributed by atoms with Gasteiger partial charge in [-0.05, 0) is 38.4 Å². The minimum Gasteiger partial charge on any atom is -0.492 e. The van der Waals surface area contributed by atoms with Crippen LogP contribution in [-0.2, 0) is 4.79 Å². The highest BCUT2D eigenvalue weighted by Crippen LogP contribution is 2.16. The van der Waals surface area contributed by atoms with E-state index in [1.165, 1.54) is 0 Å². The first-order chi connectivity index (χ1) is 9.02. The van der Waals surface area contributed by atoms with Gasteiger partial charge >= 0.3 is 0 Å². The van der Waals surface area contributed by atoms with Crippen LogP contribution >= 0.6 is 0 Å². The summed E-state index contributed by atoms with van der Waals surface area (Å²) in [5, 5.41) is 2.81. The minimum absolute atomic E-state index is 0.0659. The SMILES string of the molecule is CC(CN)C(=O)Nc1ccc(OCCN(C)C)cc1. The molecule has 1 amide bonds. The Kier molecular flexibility index (Phi) is 6.32. The van der Waals surface area contributed by atoms with Crippen molar-refractivity contribution in [3.05, 3.63) is 24.3 Å². The first-order valence-corrected chi connectivity index (χ1v) is 6.41. The van der Waals surface area contributed by atoms with Crippen LogP contribution in [0.2, 0.25) is 0 Å². The predicted octanol–water partition coefficient (Wildman–Crippen LogP) is 1.16. The van der Waals surface area contributed by atoms with Gasteiger partial charge in [0, 0.05) is 24.7 Å². The highest BCUT2D eigenvalue weighted by molar-refractivity contribution is 5.92. The summed E-state index contributed by atoms with van der Waals surface area (Å²) in [6.07, 6.45) is 0. The standard InChI is InChI=1S/C14H23N3O2/c1-11(10-15)14(18)16-12-4-6-13(7-5-12)19-9-8-17(2)3/h4-7,11H,8-10,15H2,1-3H3,(H,16,18). The van der Waals surface area contributed by atoms with E-state index in [-0.39, 0.29) is 11.8 Å². The Morgan fingerprint density at radius 3 is 2.53 bits per heavy atom. The predicted molar refractivity (Wildman–Crippen MR) is 77.3 cm³/mol. The number of nitrogens with one attached hydrogen (secondary N) is 1. The van der Waals surface area contributed by atoms with E-state index in [4.69, 9.17) is 10.5 Å². The van der Waals surface area contributed by atoms with Gasteiger partial charge in [-0.2, -0.15) is 0 Å². The second-order valence-corrected chi connectivity index (χ2v) is 4.80. The number of benzene rings is 1. The van der Waals surface area contributed by atoms with Crippen molar-refractivity contribution >= 4 is 11.6 Å². The average molecular weight is 265 g/mol. The third kappa shape index (κ3) is 5.72. The lowest BCUT2D eigenvalue weighted by Crippen LogP contribution is -2.26. The van der Waals surface area contributed by atoms with Crippen LogP contribution in [0.15, 0.2) is 24.3 Å². The molecule has 1 rings (SSSR count). The van der Waals surface area contributed by atoms with Gasteiger partial charge in [-0.3, -0.25) is 4.79 Å². The Hall–Kier alpha value is -1.59. The topological polar surface area (TPSA) is 67.6 Å². The van der Waals surface area contributed by atoms with E-state index in [0.717, 1.165) is 18.0 Å². The number of ether oxygens (including phenoxy) is 1. The van der Waals surface area contributed by atoms with Gasteiger partial charge < -0.3 is 20.7 Å². The van der Waals surface area contributed by atoms with Crippen molar-refractivity contribution in [1.29, 1.82) is 0 Å². The van der Waals surface area contributed by atoms with Crippen LogP contribution in [0, 0.1) is 5.92 Å². The number of amides is 1. The quantitative estimate of drug-likeness (QED) is 0.776. The van der Waals surface area contributed by atoms with E-state index >= 15 is 0 Å². The molecule has 1 aromatic carbocycles. The number of nitrogens with zero attached hydrogens (tertiary/aromatic N) is 1. The molecule has 0 saturated heterocycles. The molecule has 19 heavy (non-hydrogen) atoms. The van der Waals surface area contributed by atoms with Crippen LogP contribution in [0.3, 0.4) is 0 Å². The summed E-state index contributed by atoms with van der Waals surface area (Å²) in [5.74, 6) is 0.548. The Labute approximate surface area is 114 Å². The molecular weight excluding hydrogens is 242 g/mol. The third-order valence-electron chi connectivity index (χ3n) is 2.73. The lowest BCUT2D eigenvalue weighted by Gasteiger charge is -2.12. The molecule has 0 fully saturated rings. The fourth-order valence-electron chi connectivity index (χ4n) is 1.35. The molecule has 0 aliphatic heterocycles. The molecule has 0 aliphatic carbocycles. The molecule has 0 bridgehead atoms. The summed E-state index contributed by atoms with van der Waals surface area (Å²) >= 11 is 0. The minimum atomic E-state index is -0.184. The fourth-order valence-corrected chi connectivity index (χ4v) is 1.35. The molecule has 5 nitrogen and oxygen atoms in total. The Balaban J connectivity index is 2.45.